The predicted molar refractivity (Wildman–Crippen MR) is 83.5 cm³/mol. The lowest BCUT2D eigenvalue weighted by Crippen LogP contribution is -2.45. The summed E-state index contributed by atoms with van der Waals surface area (Å²) in [6.07, 6.45) is 7.64. The molecule has 20 heavy (non-hydrogen) atoms. The van der Waals surface area contributed by atoms with Crippen molar-refractivity contribution in [1.29, 1.82) is 0 Å². The van der Waals surface area contributed by atoms with E-state index in [-0.39, 0.29) is 11.9 Å². The van der Waals surface area contributed by atoms with Crippen molar-refractivity contribution >= 4 is 5.91 Å². The minimum absolute atomic E-state index is 0.0454. The van der Waals surface area contributed by atoms with Gasteiger partial charge in [-0.2, -0.15) is 0 Å². The minimum atomic E-state index is -0.0454. The van der Waals surface area contributed by atoms with Crippen LogP contribution in [-0.4, -0.2) is 24.5 Å². The molecule has 2 rings (SSSR count). The van der Waals surface area contributed by atoms with Gasteiger partial charge in [0, 0.05) is 6.04 Å². The Bertz CT molecular complexity index is 322. The highest BCUT2D eigenvalue weighted by molar-refractivity contribution is 5.81. The topological polar surface area (TPSA) is 41.1 Å². The molecule has 0 bridgehead atoms. The van der Waals surface area contributed by atoms with E-state index in [0.717, 1.165) is 31.2 Å². The third-order valence-electron chi connectivity index (χ3n) is 5.10. The quantitative estimate of drug-likeness (QED) is 0.812. The third-order valence-corrected chi connectivity index (χ3v) is 5.10. The molecular weight excluding hydrogens is 248 g/mol. The summed E-state index contributed by atoms with van der Waals surface area (Å²) >= 11 is 0. The van der Waals surface area contributed by atoms with E-state index >= 15 is 0 Å². The van der Waals surface area contributed by atoms with Crippen LogP contribution in [0.3, 0.4) is 0 Å². The van der Waals surface area contributed by atoms with Crippen LogP contribution in [0.15, 0.2) is 0 Å². The largest absolute Gasteiger partial charge is 0.352 e. The molecule has 2 aliphatic carbocycles. The Balaban J connectivity index is 1.64. The fraction of sp³-hybridized carbons (Fsp3) is 0.941. The molecule has 3 nitrogen and oxygen atoms in total. The number of hydrogen-bond acceptors (Lipinski definition) is 2. The summed E-state index contributed by atoms with van der Waals surface area (Å²) in [6, 6.07) is 0.421. The summed E-state index contributed by atoms with van der Waals surface area (Å²) in [4.78, 5) is 11.9. The molecule has 2 saturated carbocycles. The smallest absolute Gasteiger partial charge is 0.237 e. The van der Waals surface area contributed by atoms with E-state index in [4.69, 9.17) is 0 Å². The summed E-state index contributed by atoms with van der Waals surface area (Å²) < 4.78 is 0. The van der Waals surface area contributed by atoms with E-state index in [2.05, 4.69) is 31.4 Å². The van der Waals surface area contributed by atoms with Crippen molar-refractivity contribution in [2.75, 3.05) is 6.54 Å². The van der Waals surface area contributed by atoms with Gasteiger partial charge >= 0.3 is 0 Å². The maximum Gasteiger partial charge on any atom is 0.237 e. The Morgan fingerprint density at radius 2 is 1.70 bits per heavy atom. The lowest BCUT2D eigenvalue weighted by atomic mass is 9.70. The Kier molecular flexibility index (Phi) is 5.11. The molecule has 1 unspecified atom stereocenters. The molecule has 0 radical (unpaired) electrons. The van der Waals surface area contributed by atoms with Crippen molar-refractivity contribution in [1.82, 2.24) is 10.6 Å². The first-order valence-electron chi connectivity index (χ1n) is 8.40. The maximum atomic E-state index is 11.9. The van der Waals surface area contributed by atoms with Gasteiger partial charge in [0.25, 0.3) is 0 Å². The van der Waals surface area contributed by atoms with E-state index in [1.54, 1.807) is 0 Å². The van der Waals surface area contributed by atoms with Crippen LogP contribution >= 0.6 is 0 Å². The van der Waals surface area contributed by atoms with Gasteiger partial charge < -0.3 is 10.6 Å². The number of carbonyl (C=O) groups excluding carboxylic acids is 1. The van der Waals surface area contributed by atoms with E-state index in [1.165, 1.54) is 25.7 Å². The van der Waals surface area contributed by atoms with Crippen LogP contribution in [-0.2, 0) is 4.79 Å². The zero-order valence-corrected chi connectivity index (χ0v) is 13.7. The van der Waals surface area contributed by atoms with Crippen molar-refractivity contribution < 1.29 is 4.79 Å². The van der Waals surface area contributed by atoms with Crippen molar-refractivity contribution in [3.63, 3.8) is 0 Å². The average Bonchev–Trinajstić information content (AvgIpc) is 3.19. The zero-order chi connectivity index (χ0) is 14.8. The van der Waals surface area contributed by atoms with Crippen LogP contribution in [0.2, 0.25) is 0 Å². The van der Waals surface area contributed by atoms with E-state index in [1.807, 2.05) is 6.92 Å². The Labute approximate surface area is 124 Å². The highest BCUT2D eigenvalue weighted by Gasteiger charge is 2.30. The van der Waals surface area contributed by atoms with Crippen LogP contribution in [0.5, 0.6) is 0 Å². The zero-order valence-electron chi connectivity index (χ0n) is 13.7. The van der Waals surface area contributed by atoms with Gasteiger partial charge in [0.1, 0.15) is 0 Å². The maximum absolute atomic E-state index is 11.9. The Hall–Kier alpha value is -0.570. The number of nitrogens with one attached hydrogen (secondary N) is 2. The fourth-order valence-electron chi connectivity index (χ4n) is 3.22. The van der Waals surface area contributed by atoms with Crippen molar-refractivity contribution in [2.24, 2.45) is 17.3 Å². The SMILES string of the molecule is CC(NCC1CCC(C(C)(C)C)CC1)C(=O)NC1CC1. The van der Waals surface area contributed by atoms with Gasteiger partial charge in [-0.25, -0.2) is 0 Å². The summed E-state index contributed by atoms with van der Waals surface area (Å²) in [5.74, 6) is 1.80. The molecule has 0 aliphatic heterocycles. The van der Waals surface area contributed by atoms with Gasteiger partial charge in [0.05, 0.1) is 6.04 Å². The van der Waals surface area contributed by atoms with Gasteiger partial charge in [-0.1, -0.05) is 20.8 Å². The molecule has 2 aliphatic rings. The highest BCUT2D eigenvalue weighted by Crippen LogP contribution is 2.39. The second-order valence-corrected chi connectivity index (χ2v) is 8.00. The van der Waals surface area contributed by atoms with Crippen LogP contribution in [0, 0.1) is 17.3 Å². The van der Waals surface area contributed by atoms with Crippen LogP contribution < -0.4 is 10.6 Å². The van der Waals surface area contributed by atoms with Gasteiger partial charge in [0.15, 0.2) is 0 Å². The monoisotopic (exact) mass is 280 g/mol. The molecule has 2 fully saturated rings. The summed E-state index contributed by atoms with van der Waals surface area (Å²) in [5.41, 5.74) is 0.454. The summed E-state index contributed by atoms with van der Waals surface area (Å²) in [5, 5.41) is 6.49. The van der Waals surface area contributed by atoms with Gasteiger partial charge in [-0.3, -0.25) is 4.79 Å². The summed E-state index contributed by atoms with van der Waals surface area (Å²) in [6.45, 7) is 10.1. The number of amides is 1. The number of hydrogen-bond donors (Lipinski definition) is 2. The molecule has 3 heteroatoms. The number of carbonyl (C=O) groups is 1. The molecule has 0 aromatic rings. The summed E-state index contributed by atoms with van der Waals surface area (Å²) in [7, 11) is 0. The molecule has 116 valence electrons. The molecule has 0 heterocycles. The minimum Gasteiger partial charge on any atom is -0.352 e. The van der Waals surface area contributed by atoms with Gasteiger partial charge in [-0.05, 0) is 69.2 Å². The van der Waals surface area contributed by atoms with Crippen molar-refractivity contribution in [2.45, 2.75) is 78.3 Å². The molecule has 0 aromatic heterocycles. The molecule has 0 spiro atoms. The first kappa shape index (κ1) is 15.8. The fourth-order valence-corrected chi connectivity index (χ4v) is 3.22. The Morgan fingerprint density at radius 3 is 2.20 bits per heavy atom. The second-order valence-electron chi connectivity index (χ2n) is 8.00. The molecule has 1 atom stereocenters. The molecule has 0 aromatic carbocycles. The van der Waals surface area contributed by atoms with E-state index in [9.17, 15) is 4.79 Å². The lowest BCUT2D eigenvalue weighted by molar-refractivity contribution is -0.122. The molecule has 2 N–H and O–H groups in total. The predicted octanol–water partition coefficient (Wildman–Crippen LogP) is 3.10. The lowest BCUT2D eigenvalue weighted by Gasteiger charge is -2.37. The van der Waals surface area contributed by atoms with Gasteiger partial charge in [0.2, 0.25) is 5.91 Å². The van der Waals surface area contributed by atoms with Crippen LogP contribution in [0.4, 0.5) is 0 Å². The standard InChI is InChI=1S/C17H32N2O/c1-12(16(20)19-15-9-10-15)18-11-13-5-7-14(8-6-13)17(2,3)4/h12-15,18H,5-11H2,1-4H3,(H,19,20). The average molecular weight is 280 g/mol. The second kappa shape index (κ2) is 6.46. The molecular formula is C17H32N2O. The van der Waals surface area contributed by atoms with Crippen LogP contribution in [0.25, 0.3) is 0 Å². The van der Waals surface area contributed by atoms with E-state index < -0.39 is 0 Å². The van der Waals surface area contributed by atoms with E-state index in [0.29, 0.717) is 11.5 Å². The number of rotatable bonds is 5. The third kappa shape index (κ3) is 4.76. The molecule has 0 saturated heterocycles. The normalized spacial score (nSPS) is 29.0. The van der Waals surface area contributed by atoms with Crippen molar-refractivity contribution in [3.8, 4) is 0 Å². The molecule has 1 amide bonds. The van der Waals surface area contributed by atoms with Crippen molar-refractivity contribution in [3.05, 3.63) is 0 Å². The Morgan fingerprint density at radius 1 is 1.10 bits per heavy atom. The van der Waals surface area contributed by atoms with Crippen LogP contribution in [0.1, 0.15) is 66.2 Å². The van der Waals surface area contributed by atoms with Gasteiger partial charge in [-0.15, -0.1) is 0 Å². The highest BCUT2D eigenvalue weighted by atomic mass is 16.2. The first-order valence-corrected chi connectivity index (χ1v) is 8.40. The first-order chi connectivity index (χ1) is 9.36.